The van der Waals surface area contributed by atoms with E-state index in [1.807, 2.05) is 28.8 Å². The highest BCUT2D eigenvalue weighted by Gasteiger charge is 2.23. The lowest BCUT2D eigenvalue weighted by molar-refractivity contribution is -0.126. The molecule has 1 amide bonds. The van der Waals surface area contributed by atoms with Crippen LogP contribution in [0.4, 0.5) is 0 Å². The molecule has 136 valence electrons. The first-order valence-corrected chi connectivity index (χ1v) is 10.1. The molecule has 0 saturated carbocycles. The summed E-state index contributed by atoms with van der Waals surface area (Å²) in [5.74, 6) is 7.85. The zero-order valence-corrected chi connectivity index (χ0v) is 15.4. The molecule has 0 unspecified atom stereocenters. The van der Waals surface area contributed by atoms with Gasteiger partial charge in [0.2, 0.25) is 5.91 Å². The van der Waals surface area contributed by atoms with Crippen LogP contribution in [-0.4, -0.2) is 63.1 Å². The Morgan fingerprint density at radius 1 is 1.12 bits per heavy atom. The summed E-state index contributed by atoms with van der Waals surface area (Å²) in [4.78, 5) is 30.9. The molecule has 2 aliphatic heterocycles. The topological polar surface area (TPSA) is 61.3 Å². The normalized spacial score (nSPS) is 19.1. The molecule has 2 fully saturated rings. The Morgan fingerprint density at radius 2 is 1.88 bits per heavy atom. The SMILES string of the molecule is O=C1CSCN1CC#CCN1CCC(n2c(=O)[nH]c3ccccc32)CC1. The minimum absolute atomic E-state index is 0.0161. The number of aromatic amines is 1. The summed E-state index contributed by atoms with van der Waals surface area (Å²) in [6.07, 6.45) is 1.90. The summed E-state index contributed by atoms with van der Waals surface area (Å²) in [5, 5.41) is 0. The highest BCUT2D eigenvalue weighted by molar-refractivity contribution is 8.00. The Balaban J connectivity index is 1.32. The lowest BCUT2D eigenvalue weighted by atomic mass is 10.0. The number of imidazole rings is 1. The van der Waals surface area contributed by atoms with Crippen LogP contribution in [0.1, 0.15) is 18.9 Å². The number of fused-ring (bicyclic) bond motifs is 1. The lowest BCUT2D eigenvalue weighted by Crippen LogP contribution is -2.37. The zero-order valence-electron chi connectivity index (χ0n) is 14.6. The number of benzene rings is 1. The van der Waals surface area contributed by atoms with Crippen molar-refractivity contribution < 1.29 is 4.79 Å². The Bertz CT molecular complexity index is 915. The van der Waals surface area contributed by atoms with E-state index < -0.39 is 0 Å². The van der Waals surface area contributed by atoms with Crippen LogP contribution in [0, 0.1) is 11.8 Å². The van der Waals surface area contributed by atoms with Crippen LogP contribution in [0.25, 0.3) is 11.0 Å². The van der Waals surface area contributed by atoms with Crippen LogP contribution in [0.3, 0.4) is 0 Å². The maximum absolute atomic E-state index is 12.3. The zero-order chi connectivity index (χ0) is 17.9. The number of nitrogens with zero attached hydrogens (tertiary/aromatic N) is 3. The Labute approximate surface area is 156 Å². The Kier molecular flexibility index (Phi) is 5.05. The number of piperidine rings is 1. The second kappa shape index (κ2) is 7.60. The van der Waals surface area contributed by atoms with E-state index in [9.17, 15) is 9.59 Å². The van der Waals surface area contributed by atoms with E-state index in [1.165, 1.54) is 0 Å². The second-order valence-electron chi connectivity index (χ2n) is 6.75. The number of rotatable bonds is 3. The van der Waals surface area contributed by atoms with Crippen molar-refractivity contribution in [3.63, 3.8) is 0 Å². The van der Waals surface area contributed by atoms with Gasteiger partial charge in [0.15, 0.2) is 0 Å². The first-order chi connectivity index (χ1) is 12.7. The monoisotopic (exact) mass is 370 g/mol. The summed E-state index contributed by atoms with van der Waals surface area (Å²) in [5.41, 5.74) is 1.88. The second-order valence-corrected chi connectivity index (χ2v) is 7.70. The number of aromatic nitrogens is 2. The van der Waals surface area contributed by atoms with Crippen LogP contribution in [0.5, 0.6) is 0 Å². The molecule has 3 heterocycles. The number of hydrogen-bond acceptors (Lipinski definition) is 4. The van der Waals surface area contributed by atoms with Gasteiger partial charge in [-0.1, -0.05) is 24.0 Å². The average Bonchev–Trinajstić information content (AvgIpc) is 3.21. The standard InChI is InChI=1S/C19H22N4O2S/c24-18-13-26-14-22(18)10-4-3-9-21-11-7-15(8-12-21)23-17-6-2-1-5-16(17)20-19(23)25/h1-2,5-6,15H,7-14H2,(H,20,25). The maximum atomic E-state index is 12.3. The summed E-state index contributed by atoms with van der Waals surface area (Å²) in [6.45, 7) is 3.13. The largest absolute Gasteiger partial charge is 0.326 e. The molecule has 4 rings (SSSR count). The molecule has 2 aromatic rings. The minimum Gasteiger partial charge on any atom is -0.322 e. The third-order valence-corrected chi connectivity index (χ3v) is 6.01. The van der Waals surface area contributed by atoms with Gasteiger partial charge in [-0.3, -0.25) is 14.3 Å². The van der Waals surface area contributed by atoms with Crippen LogP contribution in [0.2, 0.25) is 0 Å². The number of thioether (sulfide) groups is 1. The van der Waals surface area contributed by atoms with Gasteiger partial charge in [0.1, 0.15) is 0 Å². The summed E-state index contributed by atoms with van der Waals surface area (Å²) in [6, 6.07) is 8.10. The fourth-order valence-corrected chi connectivity index (χ4v) is 4.54. The third-order valence-electron chi connectivity index (χ3n) is 5.07. The Morgan fingerprint density at radius 3 is 2.65 bits per heavy atom. The van der Waals surface area contributed by atoms with Gasteiger partial charge in [0, 0.05) is 19.1 Å². The van der Waals surface area contributed by atoms with Crippen LogP contribution in [-0.2, 0) is 4.79 Å². The predicted octanol–water partition coefficient (Wildman–Crippen LogP) is 1.50. The van der Waals surface area contributed by atoms with Gasteiger partial charge in [-0.25, -0.2) is 4.79 Å². The first kappa shape index (κ1) is 17.3. The number of nitrogens with one attached hydrogen (secondary N) is 1. The van der Waals surface area contributed by atoms with E-state index in [0.29, 0.717) is 12.3 Å². The average molecular weight is 370 g/mol. The van der Waals surface area contributed by atoms with Gasteiger partial charge in [-0.2, -0.15) is 0 Å². The maximum Gasteiger partial charge on any atom is 0.326 e. The highest BCUT2D eigenvalue weighted by Crippen LogP contribution is 2.24. The molecule has 2 saturated heterocycles. The number of H-pyrrole nitrogens is 1. The smallest absolute Gasteiger partial charge is 0.322 e. The lowest BCUT2D eigenvalue weighted by Gasteiger charge is -2.31. The van der Waals surface area contributed by atoms with E-state index in [4.69, 9.17) is 0 Å². The van der Waals surface area contributed by atoms with Crippen LogP contribution in [0.15, 0.2) is 29.1 Å². The number of amides is 1. The highest BCUT2D eigenvalue weighted by atomic mass is 32.2. The molecule has 2 aliphatic rings. The number of carbonyl (C=O) groups is 1. The molecule has 0 aliphatic carbocycles. The molecule has 26 heavy (non-hydrogen) atoms. The van der Waals surface area contributed by atoms with Gasteiger partial charge in [-0.15, -0.1) is 11.8 Å². The van der Waals surface area contributed by atoms with E-state index in [2.05, 4.69) is 21.7 Å². The van der Waals surface area contributed by atoms with Crippen molar-refractivity contribution in [2.75, 3.05) is 37.8 Å². The van der Waals surface area contributed by atoms with Crippen molar-refractivity contribution in [1.82, 2.24) is 19.4 Å². The molecule has 1 N–H and O–H groups in total. The summed E-state index contributed by atoms with van der Waals surface area (Å²) >= 11 is 1.64. The van der Waals surface area contributed by atoms with Gasteiger partial charge in [-0.05, 0) is 25.0 Å². The molecular weight excluding hydrogens is 348 g/mol. The number of likely N-dealkylation sites (tertiary alicyclic amines) is 1. The van der Waals surface area contributed by atoms with E-state index >= 15 is 0 Å². The number of para-hydroxylation sites is 2. The fraction of sp³-hybridized carbons (Fsp3) is 0.474. The Hall–Kier alpha value is -2.17. The molecule has 7 heteroatoms. The fourth-order valence-electron chi connectivity index (χ4n) is 3.63. The third kappa shape index (κ3) is 3.53. The van der Waals surface area contributed by atoms with E-state index in [-0.39, 0.29) is 17.6 Å². The number of carbonyl (C=O) groups excluding carboxylic acids is 1. The summed E-state index contributed by atoms with van der Waals surface area (Å²) in [7, 11) is 0. The predicted molar refractivity (Wildman–Crippen MR) is 104 cm³/mol. The van der Waals surface area contributed by atoms with Crippen LogP contribution >= 0.6 is 11.8 Å². The van der Waals surface area contributed by atoms with Crippen molar-refractivity contribution in [2.24, 2.45) is 0 Å². The van der Waals surface area contributed by atoms with Gasteiger partial charge >= 0.3 is 5.69 Å². The first-order valence-electron chi connectivity index (χ1n) is 8.95. The summed E-state index contributed by atoms with van der Waals surface area (Å²) < 4.78 is 1.91. The molecule has 0 radical (unpaired) electrons. The molecule has 1 aromatic carbocycles. The van der Waals surface area contributed by atoms with Crippen LogP contribution < -0.4 is 5.69 Å². The minimum atomic E-state index is -0.0161. The van der Waals surface area contributed by atoms with Gasteiger partial charge in [0.05, 0.1) is 35.8 Å². The van der Waals surface area contributed by atoms with Crippen molar-refractivity contribution in [2.45, 2.75) is 18.9 Å². The molecule has 0 spiro atoms. The van der Waals surface area contributed by atoms with E-state index in [0.717, 1.165) is 49.4 Å². The molecule has 0 bridgehead atoms. The molecule has 0 atom stereocenters. The quantitative estimate of drug-likeness (QED) is 0.832. The van der Waals surface area contributed by atoms with E-state index in [1.54, 1.807) is 16.7 Å². The molecular formula is C19H22N4O2S. The van der Waals surface area contributed by atoms with Crippen molar-refractivity contribution >= 4 is 28.7 Å². The van der Waals surface area contributed by atoms with Gasteiger partial charge in [0.25, 0.3) is 0 Å². The van der Waals surface area contributed by atoms with Crippen molar-refractivity contribution in [3.05, 3.63) is 34.7 Å². The number of hydrogen-bond donors (Lipinski definition) is 1. The van der Waals surface area contributed by atoms with Crippen molar-refractivity contribution in [1.29, 1.82) is 0 Å². The van der Waals surface area contributed by atoms with Gasteiger partial charge < -0.3 is 9.88 Å². The molecule has 6 nitrogen and oxygen atoms in total. The van der Waals surface area contributed by atoms with Crippen molar-refractivity contribution in [3.8, 4) is 11.8 Å². The molecule has 1 aromatic heterocycles.